The van der Waals surface area contributed by atoms with Crippen LogP contribution >= 0.6 is 0 Å². The van der Waals surface area contributed by atoms with Crippen molar-refractivity contribution in [3.63, 3.8) is 0 Å². The lowest BCUT2D eigenvalue weighted by molar-refractivity contribution is 1.57. The highest BCUT2D eigenvalue weighted by Crippen LogP contribution is 2.50. The van der Waals surface area contributed by atoms with Gasteiger partial charge in [0.1, 0.15) is 0 Å². The minimum absolute atomic E-state index is 1.23. The van der Waals surface area contributed by atoms with Crippen molar-refractivity contribution in [1.82, 2.24) is 0 Å². The zero-order chi connectivity index (χ0) is 30.5. The van der Waals surface area contributed by atoms with Gasteiger partial charge in [-0.05, 0) is 101 Å². The van der Waals surface area contributed by atoms with Crippen molar-refractivity contribution in [2.24, 2.45) is 0 Å². The number of rotatable bonds is 5. The summed E-state index contributed by atoms with van der Waals surface area (Å²) >= 11 is 0. The van der Waals surface area contributed by atoms with E-state index in [1.54, 1.807) is 0 Å². The van der Waals surface area contributed by atoms with Crippen LogP contribution in [0.3, 0.4) is 0 Å². The maximum absolute atomic E-state index is 2.40. The van der Waals surface area contributed by atoms with Crippen LogP contribution in [0.4, 0.5) is 0 Å². The molecule has 8 aromatic rings. The van der Waals surface area contributed by atoms with Gasteiger partial charge in [0.2, 0.25) is 0 Å². The van der Waals surface area contributed by atoms with Gasteiger partial charge in [0.25, 0.3) is 0 Å². The van der Waals surface area contributed by atoms with Crippen LogP contribution in [0.15, 0.2) is 182 Å². The maximum Gasteiger partial charge on any atom is -0.00201 e. The third-order valence-corrected chi connectivity index (χ3v) is 9.46. The zero-order valence-electron chi connectivity index (χ0n) is 25.3. The van der Waals surface area contributed by atoms with Gasteiger partial charge in [-0.3, -0.25) is 0 Å². The molecule has 0 aliphatic heterocycles. The standard InChI is InChI=1S/C46H30/c1-3-11-31(12-4-1)33-21-23-34(24-22-33)38-17-7-8-18-39(38)37-25-26-41-44-28-27-40(42-19-10-20-43(46(42)44)45(41)30-37)36-16-9-15-35(29-36)32-13-5-2-6-14-32/h1-30H. The van der Waals surface area contributed by atoms with E-state index in [9.17, 15) is 0 Å². The Bertz CT molecular complexity index is 2380. The van der Waals surface area contributed by atoms with Crippen molar-refractivity contribution >= 4 is 10.8 Å². The molecule has 1 aliphatic carbocycles. The first kappa shape index (κ1) is 26.4. The second kappa shape index (κ2) is 10.9. The molecule has 0 saturated carbocycles. The molecule has 0 spiro atoms. The van der Waals surface area contributed by atoms with Gasteiger partial charge in [0, 0.05) is 0 Å². The molecule has 0 fully saturated rings. The van der Waals surface area contributed by atoms with Gasteiger partial charge >= 0.3 is 0 Å². The number of hydrogen-bond acceptors (Lipinski definition) is 0. The van der Waals surface area contributed by atoms with E-state index in [0.717, 1.165) is 0 Å². The van der Waals surface area contributed by atoms with Crippen molar-refractivity contribution in [3.05, 3.63) is 182 Å². The van der Waals surface area contributed by atoms with Crippen molar-refractivity contribution < 1.29 is 0 Å². The molecular weight excluding hydrogens is 553 g/mol. The summed E-state index contributed by atoms with van der Waals surface area (Å²) in [6.45, 7) is 0. The highest BCUT2D eigenvalue weighted by molar-refractivity contribution is 6.19. The Morgan fingerprint density at radius 1 is 0.196 bits per heavy atom. The molecular formula is C46H30. The summed E-state index contributed by atoms with van der Waals surface area (Å²) in [7, 11) is 0. The van der Waals surface area contributed by atoms with E-state index in [2.05, 4.69) is 182 Å². The Morgan fingerprint density at radius 3 is 1.41 bits per heavy atom. The van der Waals surface area contributed by atoms with Crippen molar-refractivity contribution in [2.75, 3.05) is 0 Å². The predicted octanol–water partition coefficient (Wildman–Crippen LogP) is 12.8. The minimum atomic E-state index is 1.23. The second-order valence-electron chi connectivity index (χ2n) is 12.1. The number of fused-ring (bicyclic) bond motifs is 3. The molecule has 0 N–H and O–H groups in total. The van der Waals surface area contributed by atoms with Gasteiger partial charge in [0.15, 0.2) is 0 Å². The normalized spacial score (nSPS) is 11.5. The van der Waals surface area contributed by atoms with Gasteiger partial charge in [-0.1, -0.05) is 170 Å². The molecule has 0 nitrogen and oxygen atoms in total. The molecule has 46 heavy (non-hydrogen) atoms. The van der Waals surface area contributed by atoms with E-state index in [0.29, 0.717) is 0 Å². The molecule has 0 atom stereocenters. The Morgan fingerprint density at radius 2 is 0.652 bits per heavy atom. The average Bonchev–Trinajstić information content (AvgIpc) is 3.47. The third-order valence-electron chi connectivity index (χ3n) is 9.46. The highest BCUT2D eigenvalue weighted by Gasteiger charge is 2.23. The van der Waals surface area contributed by atoms with Crippen LogP contribution < -0.4 is 0 Å². The molecule has 0 bridgehead atoms. The summed E-state index contributed by atoms with van der Waals surface area (Å²) in [5, 5.41) is 2.65. The van der Waals surface area contributed by atoms with Crippen molar-refractivity contribution in [1.29, 1.82) is 0 Å². The SMILES string of the molecule is c1ccc(-c2ccc(-c3ccccc3-c3ccc4c(c3)-c3cccc5c(-c6cccc(-c7ccccc7)c6)ccc-4c35)cc2)cc1. The smallest absolute Gasteiger partial charge is 0.00201 e. The topological polar surface area (TPSA) is 0 Å². The van der Waals surface area contributed by atoms with Crippen LogP contribution in [0.1, 0.15) is 0 Å². The van der Waals surface area contributed by atoms with Gasteiger partial charge in [-0.25, -0.2) is 0 Å². The maximum atomic E-state index is 2.40. The lowest BCUT2D eigenvalue weighted by Crippen LogP contribution is -1.87. The monoisotopic (exact) mass is 582 g/mol. The summed E-state index contributed by atoms with van der Waals surface area (Å²) in [5.41, 5.74) is 17.7. The first-order valence-corrected chi connectivity index (χ1v) is 15.9. The fourth-order valence-electron chi connectivity index (χ4n) is 7.23. The first-order chi connectivity index (χ1) is 22.8. The minimum Gasteiger partial charge on any atom is -0.0622 e. The van der Waals surface area contributed by atoms with Gasteiger partial charge in [-0.2, -0.15) is 0 Å². The van der Waals surface area contributed by atoms with E-state index in [1.165, 1.54) is 88.7 Å². The summed E-state index contributed by atoms with van der Waals surface area (Å²) in [6, 6.07) is 66.3. The Balaban J connectivity index is 1.12. The van der Waals surface area contributed by atoms with Crippen LogP contribution in [-0.2, 0) is 0 Å². The van der Waals surface area contributed by atoms with E-state index in [1.807, 2.05) is 0 Å². The van der Waals surface area contributed by atoms with Crippen molar-refractivity contribution in [2.45, 2.75) is 0 Å². The Hall–Kier alpha value is -5.98. The summed E-state index contributed by atoms with van der Waals surface area (Å²) in [5.74, 6) is 0. The fraction of sp³-hybridized carbons (Fsp3) is 0. The van der Waals surface area contributed by atoms with E-state index in [-0.39, 0.29) is 0 Å². The first-order valence-electron chi connectivity index (χ1n) is 15.9. The average molecular weight is 583 g/mol. The molecule has 9 rings (SSSR count). The van der Waals surface area contributed by atoms with Crippen LogP contribution in [0, 0.1) is 0 Å². The van der Waals surface area contributed by atoms with Crippen LogP contribution in [-0.4, -0.2) is 0 Å². The molecule has 0 amide bonds. The molecule has 0 heteroatoms. The molecule has 0 aromatic heterocycles. The third kappa shape index (κ3) is 4.38. The number of hydrogen-bond donors (Lipinski definition) is 0. The Kier molecular flexibility index (Phi) is 6.25. The van der Waals surface area contributed by atoms with E-state index < -0.39 is 0 Å². The molecule has 0 radical (unpaired) electrons. The summed E-state index contributed by atoms with van der Waals surface area (Å²) < 4.78 is 0. The summed E-state index contributed by atoms with van der Waals surface area (Å²) in [4.78, 5) is 0. The predicted molar refractivity (Wildman–Crippen MR) is 196 cm³/mol. The summed E-state index contributed by atoms with van der Waals surface area (Å²) in [6.07, 6.45) is 0. The van der Waals surface area contributed by atoms with E-state index >= 15 is 0 Å². The highest BCUT2D eigenvalue weighted by atomic mass is 14.3. The van der Waals surface area contributed by atoms with Crippen LogP contribution in [0.5, 0.6) is 0 Å². The van der Waals surface area contributed by atoms with Crippen molar-refractivity contribution in [3.8, 4) is 77.9 Å². The largest absolute Gasteiger partial charge is 0.0622 e. The van der Waals surface area contributed by atoms with Gasteiger partial charge in [-0.15, -0.1) is 0 Å². The van der Waals surface area contributed by atoms with Gasteiger partial charge < -0.3 is 0 Å². The van der Waals surface area contributed by atoms with Crippen LogP contribution in [0.2, 0.25) is 0 Å². The fourth-order valence-corrected chi connectivity index (χ4v) is 7.23. The molecule has 0 unspecified atom stereocenters. The van der Waals surface area contributed by atoms with Crippen LogP contribution in [0.25, 0.3) is 88.7 Å². The lowest BCUT2D eigenvalue weighted by atomic mass is 9.91. The lowest BCUT2D eigenvalue weighted by Gasteiger charge is -2.13. The quantitative estimate of drug-likeness (QED) is 0.189. The molecule has 1 aliphatic rings. The molecule has 214 valence electrons. The molecule has 8 aromatic carbocycles. The van der Waals surface area contributed by atoms with E-state index in [4.69, 9.17) is 0 Å². The zero-order valence-corrected chi connectivity index (χ0v) is 25.3. The molecule has 0 heterocycles. The Labute approximate surface area is 269 Å². The number of benzene rings is 8. The molecule has 0 saturated heterocycles. The van der Waals surface area contributed by atoms with Gasteiger partial charge in [0.05, 0.1) is 0 Å². The second-order valence-corrected chi connectivity index (χ2v) is 12.1.